The normalized spacial score (nSPS) is 15.0. The van der Waals surface area contributed by atoms with Crippen molar-refractivity contribution in [2.45, 2.75) is 24.2 Å². The Balaban J connectivity index is 1.89. The Hall–Kier alpha value is -2.65. The number of sulfonamides is 1. The molecule has 1 aliphatic rings. The van der Waals surface area contributed by atoms with Gasteiger partial charge in [-0.25, -0.2) is 12.8 Å². The van der Waals surface area contributed by atoms with Gasteiger partial charge < -0.3 is 14.8 Å². The van der Waals surface area contributed by atoms with Crippen LogP contribution in [-0.2, 0) is 10.0 Å². The van der Waals surface area contributed by atoms with E-state index in [1.165, 1.54) is 48.9 Å². The largest absolute Gasteiger partial charge is 0.495 e. The van der Waals surface area contributed by atoms with Gasteiger partial charge in [0.2, 0.25) is 10.0 Å². The van der Waals surface area contributed by atoms with E-state index in [-0.39, 0.29) is 21.9 Å². The Kier molecular flexibility index (Phi) is 6.39. The molecule has 0 aromatic heterocycles. The van der Waals surface area contributed by atoms with E-state index in [4.69, 9.17) is 9.47 Å². The molecule has 1 amide bonds. The standard InChI is InChI=1S/C20H23FN2O5S/c1-27-18-8-6-14(12-16(18)21)20(24)22-17-13-15(7-9-19(17)28-2)29(25,26)23-10-4-3-5-11-23/h6-9,12-13H,3-5,10-11H2,1-2H3,(H,22,24). The summed E-state index contributed by atoms with van der Waals surface area (Å²) in [7, 11) is -0.932. The molecule has 156 valence electrons. The van der Waals surface area contributed by atoms with Crippen molar-refractivity contribution >= 4 is 21.6 Å². The summed E-state index contributed by atoms with van der Waals surface area (Å²) in [6, 6.07) is 8.11. The van der Waals surface area contributed by atoms with E-state index in [1.807, 2.05) is 0 Å². The predicted molar refractivity (Wildman–Crippen MR) is 107 cm³/mol. The first-order valence-electron chi connectivity index (χ1n) is 9.20. The molecule has 0 radical (unpaired) electrons. The van der Waals surface area contributed by atoms with Crippen molar-refractivity contribution in [2.75, 3.05) is 32.6 Å². The fourth-order valence-corrected chi connectivity index (χ4v) is 4.75. The molecular weight excluding hydrogens is 399 g/mol. The summed E-state index contributed by atoms with van der Waals surface area (Å²) in [5.74, 6) is -0.954. The lowest BCUT2D eigenvalue weighted by Crippen LogP contribution is -2.35. The third-order valence-corrected chi connectivity index (χ3v) is 6.68. The van der Waals surface area contributed by atoms with Crippen molar-refractivity contribution in [1.29, 1.82) is 0 Å². The van der Waals surface area contributed by atoms with Gasteiger partial charge in [0.15, 0.2) is 11.6 Å². The first-order valence-corrected chi connectivity index (χ1v) is 10.6. The molecule has 7 nitrogen and oxygen atoms in total. The van der Waals surface area contributed by atoms with Gasteiger partial charge in [-0.1, -0.05) is 6.42 Å². The van der Waals surface area contributed by atoms with Crippen LogP contribution in [0.2, 0.25) is 0 Å². The van der Waals surface area contributed by atoms with Gasteiger partial charge in [-0.05, 0) is 49.2 Å². The summed E-state index contributed by atoms with van der Waals surface area (Å²) in [6.45, 7) is 0.947. The number of nitrogens with one attached hydrogen (secondary N) is 1. The smallest absolute Gasteiger partial charge is 0.255 e. The van der Waals surface area contributed by atoms with E-state index in [1.54, 1.807) is 0 Å². The average molecular weight is 422 g/mol. The summed E-state index contributed by atoms with van der Waals surface area (Å²) >= 11 is 0. The highest BCUT2D eigenvalue weighted by molar-refractivity contribution is 7.89. The predicted octanol–water partition coefficient (Wildman–Crippen LogP) is 3.27. The minimum atomic E-state index is -3.68. The zero-order chi connectivity index (χ0) is 21.0. The number of halogens is 1. The topological polar surface area (TPSA) is 84.9 Å². The van der Waals surface area contributed by atoms with E-state index in [9.17, 15) is 17.6 Å². The molecular formula is C20H23FN2O5S. The van der Waals surface area contributed by atoms with Gasteiger partial charge in [0.1, 0.15) is 5.75 Å². The first kappa shape index (κ1) is 21.1. The number of hydrogen-bond acceptors (Lipinski definition) is 5. The van der Waals surface area contributed by atoms with Gasteiger partial charge in [0.25, 0.3) is 5.91 Å². The van der Waals surface area contributed by atoms with Crippen LogP contribution >= 0.6 is 0 Å². The van der Waals surface area contributed by atoms with Crippen molar-refractivity contribution in [3.05, 3.63) is 47.8 Å². The second kappa shape index (κ2) is 8.79. The van der Waals surface area contributed by atoms with Gasteiger partial charge in [0.05, 0.1) is 24.8 Å². The van der Waals surface area contributed by atoms with Crippen molar-refractivity contribution in [3.8, 4) is 11.5 Å². The van der Waals surface area contributed by atoms with E-state index >= 15 is 0 Å². The Morgan fingerprint density at radius 3 is 2.28 bits per heavy atom. The number of anilines is 1. The molecule has 0 unspecified atom stereocenters. The molecule has 29 heavy (non-hydrogen) atoms. The molecule has 1 heterocycles. The van der Waals surface area contributed by atoms with Crippen LogP contribution in [0.1, 0.15) is 29.6 Å². The van der Waals surface area contributed by atoms with E-state index in [2.05, 4.69) is 5.32 Å². The van der Waals surface area contributed by atoms with Crippen LogP contribution in [0.4, 0.5) is 10.1 Å². The molecule has 0 bridgehead atoms. The van der Waals surface area contributed by atoms with Crippen LogP contribution in [0.3, 0.4) is 0 Å². The van der Waals surface area contributed by atoms with Crippen LogP contribution in [0.5, 0.6) is 11.5 Å². The van der Waals surface area contributed by atoms with Gasteiger partial charge in [0, 0.05) is 18.7 Å². The summed E-state index contributed by atoms with van der Waals surface area (Å²) in [4.78, 5) is 12.6. The SMILES string of the molecule is COc1ccc(C(=O)Nc2cc(S(=O)(=O)N3CCCCC3)ccc2OC)cc1F. The van der Waals surface area contributed by atoms with Crippen LogP contribution in [-0.4, -0.2) is 45.9 Å². The van der Waals surface area contributed by atoms with Gasteiger partial charge >= 0.3 is 0 Å². The summed E-state index contributed by atoms with van der Waals surface area (Å²) in [6.07, 6.45) is 2.65. The van der Waals surface area contributed by atoms with Crippen LogP contribution in [0.15, 0.2) is 41.3 Å². The number of amides is 1. The fraction of sp³-hybridized carbons (Fsp3) is 0.350. The fourth-order valence-electron chi connectivity index (χ4n) is 3.20. The number of hydrogen-bond donors (Lipinski definition) is 1. The number of methoxy groups -OCH3 is 2. The zero-order valence-electron chi connectivity index (χ0n) is 16.3. The lowest BCUT2D eigenvalue weighted by molar-refractivity contribution is 0.102. The highest BCUT2D eigenvalue weighted by Crippen LogP contribution is 2.30. The van der Waals surface area contributed by atoms with Gasteiger partial charge in [-0.15, -0.1) is 0 Å². The zero-order valence-corrected chi connectivity index (χ0v) is 17.1. The molecule has 0 aliphatic carbocycles. The molecule has 0 saturated carbocycles. The third kappa shape index (κ3) is 4.51. The number of nitrogens with zero attached hydrogens (tertiary/aromatic N) is 1. The average Bonchev–Trinajstić information content (AvgIpc) is 2.74. The Labute approximate surface area is 169 Å². The monoisotopic (exact) mass is 422 g/mol. The molecule has 2 aromatic carbocycles. The molecule has 1 fully saturated rings. The molecule has 2 aromatic rings. The van der Waals surface area contributed by atoms with E-state index < -0.39 is 21.7 Å². The minimum absolute atomic E-state index is 0.0220. The van der Waals surface area contributed by atoms with Crippen molar-refractivity contribution < 1.29 is 27.1 Å². The number of carbonyl (C=O) groups is 1. The molecule has 1 saturated heterocycles. The first-order chi connectivity index (χ1) is 13.9. The second-order valence-electron chi connectivity index (χ2n) is 6.63. The Morgan fingerprint density at radius 1 is 1.00 bits per heavy atom. The molecule has 3 rings (SSSR count). The van der Waals surface area contributed by atoms with Crippen molar-refractivity contribution in [1.82, 2.24) is 4.31 Å². The van der Waals surface area contributed by atoms with Crippen LogP contribution in [0, 0.1) is 5.82 Å². The Bertz CT molecular complexity index is 1000. The van der Waals surface area contributed by atoms with Gasteiger partial charge in [-0.2, -0.15) is 4.31 Å². The van der Waals surface area contributed by atoms with Crippen LogP contribution in [0.25, 0.3) is 0 Å². The lowest BCUT2D eigenvalue weighted by atomic mass is 10.2. The molecule has 0 spiro atoms. The Morgan fingerprint density at radius 2 is 1.66 bits per heavy atom. The van der Waals surface area contributed by atoms with E-state index in [0.717, 1.165) is 25.3 Å². The van der Waals surface area contributed by atoms with Crippen LogP contribution < -0.4 is 14.8 Å². The number of carbonyl (C=O) groups excluding carboxylic acids is 1. The molecule has 0 atom stereocenters. The maximum Gasteiger partial charge on any atom is 0.255 e. The van der Waals surface area contributed by atoms with E-state index in [0.29, 0.717) is 18.8 Å². The molecule has 9 heteroatoms. The quantitative estimate of drug-likeness (QED) is 0.772. The number of ether oxygens (including phenoxy) is 2. The highest BCUT2D eigenvalue weighted by Gasteiger charge is 2.27. The number of benzene rings is 2. The second-order valence-corrected chi connectivity index (χ2v) is 8.57. The number of piperidine rings is 1. The van der Waals surface area contributed by atoms with Gasteiger partial charge in [-0.3, -0.25) is 4.79 Å². The summed E-state index contributed by atoms with van der Waals surface area (Å²) < 4.78 is 51.3. The number of rotatable bonds is 6. The maximum atomic E-state index is 13.9. The van der Waals surface area contributed by atoms with Crippen molar-refractivity contribution in [3.63, 3.8) is 0 Å². The minimum Gasteiger partial charge on any atom is -0.495 e. The molecule has 1 aliphatic heterocycles. The summed E-state index contributed by atoms with van der Waals surface area (Å²) in [5, 5.41) is 2.60. The van der Waals surface area contributed by atoms with Crippen molar-refractivity contribution in [2.24, 2.45) is 0 Å². The lowest BCUT2D eigenvalue weighted by Gasteiger charge is -2.26. The summed E-state index contributed by atoms with van der Waals surface area (Å²) in [5.41, 5.74) is 0.251. The third-order valence-electron chi connectivity index (χ3n) is 4.79. The maximum absolute atomic E-state index is 13.9. The highest BCUT2D eigenvalue weighted by atomic mass is 32.2. The molecule has 1 N–H and O–H groups in total.